The first-order valence-corrected chi connectivity index (χ1v) is 13.3. The maximum atomic E-state index is 11.8. The number of hydrogen-bond donors (Lipinski definition) is 1. The van der Waals surface area contributed by atoms with Gasteiger partial charge < -0.3 is 19.5 Å². The second kappa shape index (κ2) is 12.5. The SMILES string of the molecule is COc1ccc2c(c1)-c1ccccc1N(CCCc1ccc(CC(OCc3ccccc3)C(=O)O)cc1)C=C2. The molecule has 0 radical (unpaired) electrons. The molecule has 5 heteroatoms. The van der Waals surface area contributed by atoms with Gasteiger partial charge in [0.25, 0.3) is 0 Å². The Morgan fingerprint density at radius 2 is 1.59 bits per heavy atom. The van der Waals surface area contributed by atoms with Crippen molar-refractivity contribution in [2.45, 2.75) is 32.0 Å². The maximum absolute atomic E-state index is 11.8. The number of ether oxygens (including phenoxy) is 2. The molecule has 1 unspecified atom stereocenters. The number of para-hydroxylation sites is 1. The fraction of sp³-hybridized carbons (Fsp3) is 0.206. The predicted octanol–water partition coefficient (Wildman–Crippen LogP) is 7.00. The molecule has 1 atom stereocenters. The average Bonchev–Trinajstić information content (AvgIpc) is 3.13. The minimum Gasteiger partial charge on any atom is -0.497 e. The molecule has 5 rings (SSSR count). The summed E-state index contributed by atoms with van der Waals surface area (Å²) in [6.45, 7) is 1.16. The molecule has 0 saturated heterocycles. The number of carboxylic acid groups (broad SMARTS) is 1. The lowest BCUT2D eigenvalue weighted by Gasteiger charge is -2.22. The Hall–Kier alpha value is -4.35. The van der Waals surface area contributed by atoms with Gasteiger partial charge in [-0.05, 0) is 64.9 Å². The van der Waals surface area contributed by atoms with Gasteiger partial charge in [-0.2, -0.15) is 0 Å². The van der Waals surface area contributed by atoms with E-state index in [2.05, 4.69) is 65.7 Å². The zero-order chi connectivity index (χ0) is 27.0. The Balaban J connectivity index is 1.19. The van der Waals surface area contributed by atoms with Gasteiger partial charge in [-0.25, -0.2) is 4.79 Å². The second-order valence-electron chi connectivity index (χ2n) is 9.73. The summed E-state index contributed by atoms with van der Waals surface area (Å²) < 4.78 is 11.2. The lowest BCUT2D eigenvalue weighted by molar-refractivity contribution is -0.151. The minimum absolute atomic E-state index is 0.280. The zero-order valence-electron chi connectivity index (χ0n) is 22.1. The number of rotatable bonds is 11. The molecule has 0 bridgehead atoms. The summed E-state index contributed by atoms with van der Waals surface area (Å²) >= 11 is 0. The van der Waals surface area contributed by atoms with Crippen LogP contribution in [0, 0.1) is 0 Å². The van der Waals surface area contributed by atoms with E-state index >= 15 is 0 Å². The van der Waals surface area contributed by atoms with E-state index in [9.17, 15) is 9.90 Å². The molecule has 1 heterocycles. The van der Waals surface area contributed by atoms with Gasteiger partial charge in [-0.15, -0.1) is 0 Å². The molecule has 0 fully saturated rings. The van der Waals surface area contributed by atoms with Crippen molar-refractivity contribution in [3.63, 3.8) is 0 Å². The van der Waals surface area contributed by atoms with Crippen LogP contribution in [-0.4, -0.2) is 30.8 Å². The van der Waals surface area contributed by atoms with Crippen molar-refractivity contribution >= 4 is 17.7 Å². The molecule has 0 amide bonds. The Morgan fingerprint density at radius 1 is 0.846 bits per heavy atom. The van der Waals surface area contributed by atoms with Crippen LogP contribution in [0.2, 0.25) is 0 Å². The molecule has 4 aromatic carbocycles. The van der Waals surface area contributed by atoms with Crippen molar-refractivity contribution in [3.05, 3.63) is 126 Å². The van der Waals surface area contributed by atoms with Crippen LogP contribution in [0.5, 0.6) is 5.75 Å². The summed E-state index contributed by atoms with van der Waals surface area (Å²) in [6.07, 6.45) is 5.71. The summed E-state index contributed by atoms with van der Waals surface area (Å²) in [7, 11) is 1.70. The highest BCUT2D eigenvalue weighted by atomic mass is 16.5. The van der Waals surface area contributed by atoms with Gasteiger partial charge in [0, 0.05) is 30.4 Å². The highest BCUT2D eigenvalue weighted by Crippen LogP contribution is 2.38. The first-order valence-electron chi connectivity index (χ1n) is 13.3. The molecular weight excluding hydrogens is 486 g/mol. The van der Waals surface area contributed by atoms with Crippen molar-refractivity contribution in [2.24, 2.45) is 0 Å². The zero-order valence-corrected chi connectivity index (χ0v) is 22.1. The normalized spacial score (nSPS) is 12.8. The van der Waals surface area contributed by atoms with Gasteiger partial charge in [0.1, 0.15) is 5.75 Å². The third-order valence-corrected chi connectivity index (χ3v) is 7.08. The van der Waals surface area contributed by atoms with Crippen molar-refractivity contribution in [2.75, 3.05) is 18.6 Å². The Kier molecular flexibility index (Phi) is 8.39. The van der Waals surface area contributed by atoms with Crippen LogP contribution < -0.4 is 9.64 Å². The summed E-state index contributed by atoms with van der Waals surface area (Å²) in [6, 6.07) is 32.6. The van der Waals surface area contributed by atoms with E-state index in [1.807, 2.05) is 48.5 Å². The van der Waals surface area contributed by atoms with Gasteiger partial charge in [-0.3, -0.25) is 0 Å². The number of methoxy groups -OCH3 is 1. The standard InChI is InChI=1S/C34H33NO4/c1-38-29-18-17-28-19-21-35(32-12-6-5-11-30(32)31(28)23-29)20-7-10-25-13-15-26(16-14-25)22-33(34(36)37)39-24-27-8-3-2-4-9-27/h2-6,8-9,11-19,21,23,33H,7,10,20,22,24H2,1H3,(H,36,37). The van der Waals surface area contributed by atoms with E-state index in [0.29, 0.717) is 6.42 Å². The predicted molar refractivity (Wildman–Crippen MR) is 156 cm³/mol. The van der Waals surface area contributed by atoms with E-state index < -0.39 is 12.1 Å². The topological polar surface area (TPSA) is 59.0 Å². The summed E-state index contributed by atoms with van der Waals surface area (Å²) in [5, 5.41) is 9.64. The van der Waals surface area contributed by atoms with Crippen LogP contribution in [0.25, 0.3) is 17.2 Å². The molecule has 4 aromatic rings. The fourth-order valence-corrected chi connectivity index (χ4v) is 4.94. The van der Waals surface area contributed by atoms with Crippen LogP contribution >= 0.6 is 0 Å². The largest absolute Gasteiger partial charge is 0.497 e. The van der Waals surface area contributed by atoms with Gasteiger partial charge in [-0.1, -0.05) is 78.9 Å². The van der Waals surface area contributed by atoms with Crippen LogP contribution in [0.15, 0.2) is 103 Å². The quantitative estimate of drug-likeness (QED) is 0.231. The van der Waals surface area contributed by atoms with Crippen molar-refractivity contribution in [1.82, 2.24) is 0 Å². The molecule has 1 aliphatic rings. The monoisotopic (exact) mass is 519 g/mol. The van der Waals surface area contributed by atoms with Gasteiger partial charge in [0.15, 0.2) is 6.10 Å². The number of hydrogen-bond acceptors (Lipinski definition) is 4. The number of carbonyl (C=O) groups is 1. The average molecular weight is 520 g/mol. The first-order chi connectivity index (χ1) is 19.1. The van der Waals surface area contributed by atoms with Crippen molar-refractivity contribution in [1.29, 1.82) is 0 Å². The minimum atomic E-state index is -0.943. The van der Waals surface area contributed by atoms with E-state index in [0.717, 1.165) is 36.3 Å². The van der Waals surface area contributed by atoms with Crippen LogP contribution in [0.4, 0.5) is 5.69 Å². The highest BCUT2D eigenvalue weighted by Gasteiger charge is 2.19. The molecule has 198 valence electrons. The van der Waals surface area contributed by atoms with Gasteiger partial charge in [0.05, 0.1) is 13.7 Å². The summed E-state index contributed by atoms with van der Waals surface area (Å²) in [5.74, 6) is -0.0901. The van der Waals surface area contributed by atoms with E-state index in [1.54, 1.807) is 7.11 Å². The molecule has 5 nitrogen and oxygen atoms in total. The number of aryl methyl sites for hydroxylation is 1. The number of benzene rings is 4. The summed E-state index contributed by atoms with van der Waals surface area (Å²) in [4.78, 5) is 14.1. The molecule has 1 aliphatic heterocycles. The molecule has 1 N–H and O–H groups in total. The van der Waals surface area contributed by atoms with Crippen LogP contribution in [0.3, 0.4) is 0 Å². The highest BCUT2D eigenvalue weighted by molar-refractivity contribution is 5.88. The third kappa shape index (κ3) is 6.57. The van der Waals surface area contributed by atoms with E-state index in [4.69, 9.17) is 9.47 Å². The lowest BCUT2D eigenvalue weighted by Crippen LogP contribution is -2.26. The van der Waals surface area contributed by atoms with Gasteiger partial charge >= 0.3 is 5.97 Å². The number of aliphatic carboxylic acids is 1. The molecule has 0 spiro atoms. The van der Waals surface area contributed by atoms with Gasteiger partial charge in [0.2, 0.25) is 0 Å². The van der Waals surface area contributed by atoms with Crippen LogP contribution in [-0.2, 0) is 29.0 Å². The van der Waals surface area contributed by atoms with Crippen molar-refractivity contribution < 1.29 is 19.4 Å². The van der Waals surface area contributed by atoms with E-state index in [1.165, 1.54) is 27.9 Å². The van der Waals surface area contributed by atoms with Crippen LogP contribution in [0.1, 0.15) is 28.7 Å². The molecule has 39 heavy (non-hydrogen) atoms. The number of nitrogens with zero attached hydrogens (tertiary/aromatic N) is 1. The number of fused-ring (bicyclic) bond motifs is 3. The maximum Gasteiger partial charge on any atom is 0.333 e. The Labute approximate surface area is 229 Å². The summed E-state index contributed by atoms with van der Waals surface area (Å²) in [5.41, 5.74) is 7.88. The van der Waals surface area contributed by atoms with E-state index in [-0.39, 0.29) is 6.61 Å². The molecular formula is C34H33NO4. The molecule has 0 saturated carbocycles. The molecule has 0 aromatic heterocycles. The Morgan fingerprint density at radius 3 is 2.36 bits per heavy atom. The second-order valence-corrected chi connectivity index (χ2v) is 9.73. The number of carboxylic acids is 1. The third-order valence-electron chi connectivity index (χ3n) is 7.08. The first kappa shape index (κ1) is 26.3. The molecule has 0 aliphatic carbocycles. The number of anilines is 1. The Bertz CT molecular complexity index is 1430. The van der Waals surface area contributed by atoms with Crippen molar-refractivity contribution in [3.8, 4) is 16.9 Å². The fourth-order valence-electron chi connectivity index (χ4n) is 4.94. The lowest BCUT2D eigenvalue weighted by atomic mass is 9.98. The smallest absolute Gasteiger partial charge is 0.333 e.